The summed E-state index contributed by atoms with van der Waals surface area (Å²) in [7, 11) is 2.21. The van der Waals surface area contributed by atoms with Crippen LogP contribution in [0, 0.1) is 12.8 Å². The van der Waals surface area contributed by atoms with Crippen LogP contribution in [0.3, 0.4) is 0 Å². The van der Waals surface area contributed by atoms with Crippen molar-refractivity contribution in [1.82, 2.24) is 9.88 Å². The van der Waals surface area contributed by atoms with Gasteiger partial charge in [-0.3, -0.25) is 9.78 Å². The number of benzene rings is 1. The Morgan fingerprint density at radius 2 is 2.13 bits per heavy atom. The monoisotopic (exact) mass is 407 g/mol. The predicted molar refractivity (Wildman–Crippen MR) is 120 cm³/mol. The van der Waals surface area contributed by atoms with E-state index in [0.29, 0.717) is 18.5 Å². The van der Waals surface area contributed by atoms with Crippen LogP contribution in [0.4, 0.5) is 5.69 Å². The molecular weight excluding hydrogens is 374 g/mol. The van der Waals surface area contributed by atoms with Gasteiger partial charge in [-0.05, 0) is 51.6 Å². The molecule has 0 aliphatic carbocycles. The number of likely N-dealkylation sites (N-methyl/N-ethyl adjacent to an activating group) is 1. The average Bonchev–Trinajstić information content (AvgIpc) is 3.00. The standard InChI is InChI=1S/C25H33N3O2/c1-17(2)24(29)30-25(4,19-7-6-11-26-14-19)16-28-22-9-8-18(3)13-20(22)21-15-27(5)12-10-23(21)28/h6-9,11,13-14,17,21,23H,10,12,15-16H2,1-5H3. The van der Waals surface area contributed by atoms with Crippen molar-refractivity contribution >= 4 is 11.7 Å². The van der Waals surface area contributed by atoms with Crippen LogP contribution in [0.15, 0.2) is 42.7 Å². The first-order chi connectivity index (χ1) is 14.3. The SMILES string of the molecule is Cc1ccc2c(c1)C1CN(C)CCC1N2CC(C)(OC(=O)C(C)C)c1cccnc1. The van der Waals surface area contributed by atoms with E-state index in [0.717, 1.165) is 25.1 Å². The van der Waals surface area contributed by atoms with E-state index in [2.05, 4.69) is 47.0 Å². The quantitative estimate of drug-likeness (QED) is 0.698. The molecule has 0 bridgehead atoms. The number of piperidine rings is 1. The fourth-order valence-corrected chi connectivity index (χ4v) is 4.92. The summed E-state index contributed by atoms with van der Waals surface area (Å²) in [6.45, 7) is 10.7. The van der Waals surface area contributed by atoms with Crippen molar-refractivity contribution in [2.75, 3.05) is 31.6 Å². The van der Waals surface area contributed by atoms with E-state index in [4.69, 9.17) is 4.74 Å². The Hall–Kier alpha value is -2.40. The number of nitrogens with zero attached hydrogens (tertiary/aromatic N) is 3. The van der Waals surface area contributed by atoms with Crippen molar-refractivity contribution in [3.05, 3.63) is 59.4 Å². The molecule has 4 rings (SSSR count). The van der Waals surface area contributed by atoms with Gasteiger partial charge in [-0.1, -0.05) is 37.6 Å². The maximum absolute atomic E-state index is 12.7. The van der Waals surface area contributed by atoms with Gasteiger partial charge in [0.25, 0.3) is 0 Å². The van der Waals surface area contributed by atoms with Crippen LogP contribution >= 0.6 is 0 Å². The molecular formula is C25H33N3O2. The second kappa shape index (κ2) is 8.03. The number of anilines is 1. The fraction of sp³-hybridized carbons (Fsp3) is 0.520. The smallest absolute Gasteiger partial charge is 0.309 e. The van der Waals surface area contributed by atoms with Gasteiger partial charge in [0.15, 0.2) is 5.60 Å². The van der Waals surface area contributed by atoms with Crippen LogP contribution in [0.1, 0.15) is 49.8 Å². The molecule has 0 spiro atoms. The Morgan fingerprint density at radius 3 is 2.83 bits per heavy atom. The van der Waals surface area contributed by atoms with E-state index in [1.54, 1.807) is 6.20 Å². The molecule has 1 aromatic carbocycles. The minimum atomic E-state index is -0.768. The summed E-state index contributed by atoms with van der Waals surface area (Å²) >= 11 is 0. The topological polar surface area (TPSA) is 45.7 Å². The zero-order valence-electron chi connectivity index (χ0n) is 18.8. The molecule has 5 heteroatoms. The molecule has 1 fully saturated rings. The summed E-state index contributed by atoms with van der Waals surface area (Å²) in [5, 5.41) is 0. The summed E-state index contributed by atoms with van der Waals surface area (Å²) in [6.07, 6.45) is 4.69. The number of carbonyl (C=O) groups is 1. The van der Waals surface area contributed by atoms with Gasteiger partial charge >= 0.3 is 5.97 Å². The molecule has 3 atom stereocenters. The first kappa shape index (κ1) is 20.9. The summed E-state index contributed by atoms with van der Waals surface area (Å²) in [5.41, 5.74) is 4.17. The molecule has 2 aliphatic heterocycles. The van der Waals surface area contributed by atoms with Crippen molar-refractivity contribution < 1.29 is 9.53 Å². The zero-order chi connectivity index (χ0) is 21.5. The summed E-state index contributed by atoms with van der Waals surface area (Å²) in [5.74, 6) is 0.132. The van der Waals surface area contributed by atoms with E-state index in [9.17, 15) is 4.79 Å². The maximum atomic E-state index is 12.7. The third-order valence-corrected chi connectivity index (χ3v) is 6.61. The molecule has 3 heterocycles. The molecule has 2 aromatic rings. The molecule has 0 N–H and O–H groups in total. The lowest BCUT2D eigenvalue weighted by atomic mass is 9.88. The lowest BCUT2D eigenvalue weighted by Gasteiger charge is -2.41. The van der Waals surface area contributed by atoms with Crippen LogP contribution in [0.25, 0.3) is 0 Å². The largest absolute Gasteiger partial charge is 0.452 e. The van der Waals surface area contributed by atoms with Crippen molar-refractivity contribution in [2.24, 2.45) is 5.92 Å². The highest BCUT2D eigenvalue weighted by atomic mass is 16.6. The van der Waals surface area contributed by atoms with Gasteiger partial charge in [0.2, 0.25) is 0 Å². The molecule has 1 aromatic heterocycles. The number of esters is 1. The Bertz CT molecular complexity index is 914. The van der Waals surface area contributed by atoms with E-state index >= 15 is 0 Å². The lowest BCUT2D eigenvalue weighted by Crippen LogP contribution is -2.50. The molecule has 0 amide bonds. The van der Waals surface area contributed by atoms with E-state index in [-0.39, 0.29) is 11.9 Å². The third kappa shape index (κ3) is 3.83. The first-order valence-corrected chi connectivity index (χ1v) is 11.0. The Morgan fingerprint density at radius 1 is 1.33 bits per heavy atom. The fourth-order valence-electron chi connectivity index (χ4n) is 4.92. The minimum Gasteiger partial charge on any atom is -0.452 e. The van der Waals surface area contributed by atoms with Crippen molar-refractivity contribution in [3.63, 3.8) is 0 Å². The number of aryl methyl sites for hydroxylation is 1. The number of pyridine rings is 1. The van der Waals surface area contributed by atoms with Crippen LogP contribution < -0.4 is 4.90 Å². The van der Waals surface area contributed by atoms with Crippen molar-refractivity contribution in [2.45, 2.75) is 51.7 Å². The molecule has 1 saturated heterocycles. The minimum absolute atomic E-state index is 0.175. The predicted octanol–water partition coefficient (Wildman–Crippen LogP) is 4.11. The number of hydrogen-bond acceptors (Lipinski definition) is 5. The van der Waals surface area contributed by atoms with E-state index < -0.39 is 5.60 Å². The normalized spacial score (nSPS) is 23.1. The van der Waals surface area contributed by atoms with Gasteiger partial charge in [0.05, 0.1) is 12.5 Å². The number of carbonyl (C=O) groups excluding carboxylic acids is 1. The van der Waals surface area contributed by atoms with Crippen LogP contribution in [0.2, 0.25) is 0 Å². The first-order valence-electron chi connectivity index (χ1n) is 11.0. The Kier molecular flexibility index (Phi) is 5.58. The van der Waals surface area contributed by atoms with Gasteiger partial charge in [-0.15, -0.1) is 0 Å². The summed E-state index contributed by atoms with van der Waals surface area (Å²) in [4.78, 5) is 21.9. The molecule has 5 nitrogen and oxygen atoms in total. The van der Waals surface area contributed by atoms with Crippen molar-refractivity contribution in [1.29, 1.82) is 0 Å². The molecule has 0 radical (unpaired) electrons. The van der Waals surface area contributed by atoms with Gasteiger partial charge in [-0.25, -0.2) is 0 Å². The lowest BCUT2D eigenvalue weighted by molar-refractivity contribution is -0.162. The second-order valence-electron chi connectivity index (χ2n) is 9.46. The summed E-state index contributed by atoms with van der Waals surface area (Å²) < 4.78 is 6.16. The third-order valence-electron chi connectivity index (χ3n) is 6.61. The number of ether oxygens (including phenoxy) is 1. The molecule has 3 unspecified atom stereocenters. The second-order valence-corrected chi connectivity index (χ2v) is 9.46. The van der Waals surface area contributed by atoms with Gasteiger partial charge in [-0.2, -0.15) is 0 Å². The van der Waals surface area contributed by atoms with Crippen LogP contribution in [-0.2, 0) is 15.1 Å². The van der Waals surface area contributed by atoms with Crippen LogP contribution in [0.5, 0.6) is 0 Å². The number of hydrogen-bond donors (Lipinski definition) is 0. The van der Waals surface area contributed by atoms with Gasteiger partial charge in [0, 0.05) is 42.1 Å². The molecule has 0 saturated carbocycles. The highest BCUT2D eigenvalue weighted by Crippen LogP contribution is 2.46. The molecule has 2 aliphatic rings. The van der Waals surface area contributed by atoms with Gasteiger partial charge in [0.1, 0.15) is 0 Å². The van der Waals surface area contributed by atoms with Crippen LogP contribution in [-0.4, -0.2) is 48.6 Å². The number of likely N-dealkylation sites (tertiary alicyclic amines) is 1. The number of fused-ring (bicyclic) bond motifs is 3. The van der Waals surface area contributed by atoms with E-state index in [1.807, 2.05) is 39.1 Å². The highest BCUT2D eigenvalue weighted by Gasteiger charge is 2.45. The van der Waals surface area contributed by atoms with Gasteiger partial charge < -0.3 is 14.5 Å². The maximum Gasteiger partial charge on any atom is 0.309 e. The zero-order valence-corrected chi connectivity index (χ0v) is 18.8. The average molecular weight is 408 g/mol. The summed E-state index contributed by atoms with van der Waals surface area (Å²) in [6, 6.07) is 11.1. The van der Waals surface area contributed by atoms with E-state index in [1.165, 1.54) is 16.8 Å². The Balaban J connectivity index is 1.73. The number of aromatic nitrogens is 1. The molecule has 160 valence electrons. The molecule has 30 heavy (non-hydrogen) atoms. The number of rotatable bonds is 5. The van der Waals surface area contributed by atoms with Crippen molar-refractivity contribution in [3.8, 4) is 0 Å². The highest BCUT2D eigenvalue weighted by molar-refractivity contribution is 5.72. The Labute approximate surface area is 180 Å².